The number of carbonyl (C=O) groups is 1. The Morgan fingerprint density at radius 1 is 1.41 bits per heavy atom. The maximum Gasteiger partial charge on any atom is 0.246 e. The second kappa shape index (κ2) is 7.20. The number of amides is 1. The van der Waals surface area contributed by atoms with Crippen molar-refractivity contribution in [3.8, 4) is 17.1 Å². The van der Waals surface area contributed by atoms with Gasteiger partial charge in [0.2, 0.25) is 11.8 Å². The summed E-state index contributed by atoms with van der Waals surface area (Å²) in [7, 11) is 1.85. The zero-order chi connectivity index (χ0) is 18.8. The van der Waals surface area contributed by atoms with Crippen molar-refractivity contribution in [3.63, 3.8) is 0 Å². The van der Waals surface area contributed by atoms with Gasteiger partial charge in [-0.25, -0.2) is 9.50 Å². The lowest BCUT2D eigenvalue weighted by Gasteiger charge is -2.23. The smallest absolute Gasteiger partial charge is 0.246 e. The Hall–Kier alpha value is -3.20. The van der Waals surface area contributed by atoms with E-state index in [1.807, 2.05) is 25.5 Å². The van der Waals surface area contributed by atoms with Crippen molar-refractivity contribution in [1.29, 1.82) is 0 Å². The minimum absolute atomic E-state index is 0.138. The number of aromatic nitrogens is 5. The van der Waals surface area contributed by atoms with Crippen molar-refractivity contribution in [2.45, 2.75) is 6.10 Å². The van der Waals surface area contributed by atoms with Crippen molar-refractivity contribution in [1.82, 2.24) is 29.3 Å². The van der Waals surface area contributed by atoms with Crippen molar-refractivity contribution in [2.75, 3.05) is 26.3 Å². The molecule has 9 heteroatoms. The maximum absolute atomic E-state index is 12.0. The molecule has 0 unspecified atom stereocenters. The van der Waals surface area contributed by atoms with Crippen LogP contribution in [0.25, 0.3) is 16.8 Å². The molecule has 0 aliphatic carbocycles. The predicted octanol–water partition coefficient (Wildman–Crippen LogP) is 0.922. The second-order valence-corrected chi connectivity index (χ2v) is 6.30. The Labute approximate surface area is 155 Å². The standard InChI is InChI=1S/C18H20N6O3/c1-3-17(25)23-6-7-26-12-14(10-23)27-18-16-4-5-19-24(16)11-15(21-18)13-8-20-22(2)9-13/h3-5,8-9,11,14H,1,6-7,10,12H2,2H3/t14-/m0/s1. The van der Waals surface area contributed by atoms with Crippen LogP contribution in [-0.2, 0) is 16.6 Å². The third kappa shape index (κ3) is 3.54. The van der Waals surface area contributed by atoms with Crippen LogP contribution >= 0.6 is 0 Å². The van der Waals surface area contributed by atoms with E-state index in [1.165, 1.54) is 6.08 Å². The summed E-state index contributed by atoms with van der Waals surface area (Å²) >= 11 is 0. The Balaban J connectivity index is 1.65. The highest BCUT2D eigenvalue weighted by molar-refractivity contribution is 5.87. The SMILES string of the molecule is C=CC(=O)N1CCOC[C@@H](Oc2nc(-c3cnn(C)c3)cn3nccc23)C1. The van der Waals surface area contributed by atoms with E-state index in [2.05, 4.69) is 21.8 Å². The first kappa shape index (κ1) is 17.2. The van der Waals surface area contributed by atoms with Gasteiger partial charge in [0.25, 0.3) is 0 Å². The molecule has 1 atom stereocenters. The van der Waals surface area contributed by atoms with Crippen molar-refractivity contribution >= 4 is 11.4 Å². The van der Waals surface area contributed by atoms with Crippen LogP contribution in [-0.4, -0.2) is 67.6 Å². The fourth-order valence-corrected chi connectivity index (χ4v) is 3.01. The lowest BCUT2D eigenvalue weighted by molar-refractivity contribution is -0.126. The molecule has 1 aliphatic rings. The van der Waals surface area contributed by atoms with Gasteiger partial charge in [0.05, 0.1) is 44.0 Å². The van der Waals surface area contributed by atoms with Gasteiger partial charge < -0.3 is 14.4 Å². The Morgan fingerprint density at radius 2 is 2.30 bits per heavy atom. The maximum atomic E-state index is 12.0. The molecular weight excluding hydrogens is 348 g/mol. The summed E-state index contributed by atoms with van der Waals surface area (Å²) in [5.74, 6) is 0.302. The third-order valence-corrected chi connectivity index (χ3v) is 4.35. The molecule has 0 spiro atoms. The normalized spacial score (nSPS) is 17.7. The van der Waals surface area contributed by atoms with Crippen LogP contribution < -0.4 is 4.74 Å². The first-order valence-electron chi connectivity index (χ1n) is 8.63. The summed E-state index contributed by atoms with van der Waals surface area (Å²) in [6, 6.07) is 1.83. The zero-order valence-electron chi connectivity index (χ0n) is 15.0. The van der Waals surface area contributed by atoms with Crippen LogP contribution in [0.5, 0.6) is 5.88 Å². The summed E-state index contributed by atoms with van der Waals surface area (Å²) in [6.45, 7) is 5.31. The highest BCUT2D eigenvalue weighted by Gasteiger charge is 2.24. The molecule has 3 aromatic rings. The van der Waals surface area contributed by atoms with E-state index in [9.17, 15) is 4.79 Å². The fraction of sp³-hybridized carbons (Fsp3) is 0.333. The van der Waals surface area contributed by atoms with Crippen molar-refractivity contribution in [3.05, 3.63) is 43.5 Å². The van der Waals surface area contributed by atoms with Crippen LogP contribution in [0, 0.1) is 0 Å². The highest BCUT2D eigenvalue weighted by Crippen LogP contribution is 2.24. The molecule has 0 radical (unpaired) electrons. The number of carbonyl (C=O) groups excluding carboxylic acids is 1. The van der Waals surface area contributed by atoms with E-state index in [0.29, 0.717) is 37.9 Å². The van der Waals surface area contributed by atoms with E-state index in [1.54, 1.807) is 26.5 Å². The second-order valence-electron chi connectivity index (χ2n) is 6.30. The first-order valence-corrected chi connectivity index (χ1v) is 8.63. The lowest BCUT2D eigenvalue weighted by Crippen LogP contribution is -2.39. The van der Waals surface area contributed by atoms with Gasteiger partial charge >= 0.3 is 0 Å². The van der Waals surface area contributed by atoms with Crippen LogP contribution in [0.15, 0.2) is 43.5 Å². The number of hydrogen-bond acceptors (Lipinski definition) is 6. The molecule has 4 rings (SSSR count). The molecule has 1 saturated heterocycles. The number of hydrogen-bond donors (Lipinski definition) is 0. The summed E-state index contributed by atoms with van der Waals surface area (Å²) in [6.07, 6.45) is 8.09. The van der Waals surface area contributed by atoms with Gasteiger partial charge in [-0.2, -0.15) is 10.2 Å². The van der Waals surface area contributed by atoms with Gasteiger partial charge in [-0.05, 0) is 12.1 Å². The van der Waals surface area contributed by atoms with Crippen molar-refractivity contribution < 1.29 is 14.3 Å². The number of ether oxygens (including phenoxy) is 2. The third-order valence-electron chi connectivity index (χ3n) is 4.35. The average Bonchev–Trinajstić information content (AvgIpc) is 3.25. The van der Waals surface area contributed by atoms with Gasteiger partial charge in [-0.15, -0.1) is 0 Å². The van der Waals surface area contributed by atoms with Gasteiger partial charge in [-0.3, -0.25) is 9.48 Å². The van der Waals surface area contributed by atoms with E-state index >= 15 is 0 Å². The zero-order valence-corrected chi connectivity index (χ0v) is 15.0. The number of nitrogens with zero attached hydrogens (tertiary/aromatic N) is 6. The summed E-state index contributed by atoms with van der Waals surface area (Å²) in [5.41, 5.74) is 2.30. The summed E-state index contributed by atoms with van der Waals surface area (Å²) < 4.78 is 15.2. The van der Waals surface area contributed by atoms with Crippen LogP contribution in [0.3, 0.4) is 0 Å². The molecule has 0 aromatic carbocycles. The van der Waals surface area contributed by atoms with Gasteiger partial charge in [0, 0.05) is 25.4 Å². The topological polar surface area (TPSA) is 86.8 Å². The molecule has 1 aliphatic heterocycles. The molecule has 3 aromatic heterocycles. The summed E-state index contributed by atoms with van der Waals surface area (Å²) in [5, 5.41) is 8.49. The molecule has 27 heavy (non-hydrogen) atoms. The molecule has 140 valence electrons. The van der Waals surface area contributed by atoms with Crippen LogP contribution in [0.1, 0.15) is 0 Å². The number of fused-ring (bicyclic) bond motifs is 1. The monoisotopic (exact) mass is 368 g/mol. The summed E-state index contributed by atoms with van der Waals surface area (Å²) in [4.78, 5) is 18.3. The Morgan fingerprint density at radius 3 is 3.07 bits per heavy atom. The van der Waals surface area contributed by atoms with Crippen LogP contribution in [0.4, 0.5) is 0 Å². The first-order chi connectivity index (χ1) is 13.1. The van der Waals surface area contributed by atoms with E-state index in [0.717, 1.165) is 11.1 Å². The Bertz CT molecular complexity index is 979. The molecular formula is C18H20N6O3. The van der Waals surface area contributed by atoms with Gasteiger partial charge in [-0.1, -0.05) is 6.58 Å². The lowest BCUT2D eigenvalue weighted by atomic mass is 10.2. The minimum Gasteiger partial charge on any atom is -0.468 e. The fourth-order valence-electron chi connectivity index (χ4n) is 3.01. The quantitative estimate of drug-likeness (QED) is 0.637. The molecule has 1 amide bonds. The minimum atomic E-state index is -0.341. The number of rotatable bonds is 4. The average molecular weight is 368 g/mol. The van der Waals surface area contributed by atoms with E-state index in [-0.39, 0.29) is 12.0 Å². The molecule has 0 saturated carbocycles. The predicted molar refractivity (Wildman–Crippen MR) is 97.2 cm³/mol. The Kier molecular flexibility index (Phi) is 4.59. The highest BCUT2D eigenvalue weighted by atomic mass is 16.5. The van der Waals surface area contributed by atoms with E-state index < -0.39 is 0 Å². The largest absolute Gasteiger partial charge is 0.468 e. The number of aryl methyl sites for hydroxylation is 1. The van der Waals surface area contributed by atoms with E-state index in [4.69, 9.17) is 9.47 Å². The molecule has 9 nitrogen and oxygen atoms in total. The van der Waals surface area contributed by atoms with Crippen LogP contribution in [0.2, 0.25) is 0 Å². The molecule has 0 bridgehead atoms. The van der Waals surface area contributed by atoms with Gasteiger partial charge in [0.15, 0.2) is 0 Å². The van der Waals surface area contributed by atoms with Crippen molar-refractivity contribution in [2.24, 2.45) is 7.05 Å². The van der Waals surface area contributed by atoms with Gasteiger partial charge in [0.1, 0.15) is 11.6 Å². The molecule has 1 fully saturated rings. The molecule has 0 N–H and O–H groups in total. The molecule has 4 heterocycles.